The Hall–Kier alpha value is -3.02. The number of hydrogen-bond donors (Lipinski definition) is 4. The molecule has 0 saturated carbocycles. The third-order valence-electron chi connectivity index (χ3n) is 3.57. The Bertz CT molecular complexity index is 1120. The molecule has 0 aliphatic rings. The van der Waals surface area contributed by atoms with Crippen LogP contribution in [0.4, 0.5) is 15.8 Å². The van der Waals surface area contributed by atoms with Gasteiger partial charge >= 0.3 is 0 Å². The van der Waals surface area contributed by atoms with Crippen molar-refractivity contribution in [2.24, 2.45) is 0 Å². The quantitative estimate of drug-likeness (QED) is 0.352. The van der Waals surface area contributed by atoms with Crippen molar-refractivity contribution in [1.82, 2.24) is 10.9 Å². The highest BCUT2D eigenvalue weighted by atomic mass is 32.2. The Labute approximate surface area is 176 Å². The van der Waals surface area contributed by atoms with E-state index in [9.17, 15) is 17.6 Å². The molecule has 1 amide bonds. The molecule has 1 aromatic heterocycles. The zero-order chi connectivity index (χ0) is 20.9. The smallest absolute Gasteiger partial charge is 0.271 e. The van der Waals surface area contributed by atoms with E-state index in [1.807, 2.05) is 0 Å². The molecule has 0 atom stereocenters. The molecule has 3 rings (SSSR count). The van der Waals surface area contributed by atoms with Crippen LogP contribution in [0.15, 0.2) is 70.3 Å². The largest absolute Gasteiger partial charge is 0.331 e. The summed E-state index contributed by atoms with van der Waals surface area (Å²) < 4.78 is 40.3. The lowest BCUT2D eigenvalue weighted by atomic mass is 10.2. The summed E-state index contributed by atoms with van der Waals surface area (Å²) in [6, 6.07) is 14.8. The van der Waals surface area contributed by atoms with Gasteiger partial charge in [0.05, 0.1) is 11.3 Å². The first-order valence-corrected chi connectivity index (χ1v) is 10.9. The van der Waals surface area contributed by atoms with E-state index < -0.39 is 15.9 Å². The number of nitrogens with one attached hydrogen (secondary N) is 4. The van der Waals surface area contributed by atoms with Crippen LogP contribution in [0.5, 0.6) is 0 Å². The van der Waals surface area contributed by atoms with Gasteiger partial charge in [0.15, 0.2) is 5.11 Å². The number of hydrogen-bond acceptors (Lipinski definition) is 5. The minimum Gasteiger partial charge on any atom is -0.331 e. The standard InChI is InChI=1S/C18H15FN4O3S3/c19-12-7-9-13(10-8-12)20-18(27)22-21-17(24)14-4-1-2-5-15(14)23-29(25,26)16-6-3-11-28-16/h1-11,23H,(H,21,24)(H2,20,22,27). The van der Waals surface area contributed by atoms with Crippen LogP contribution in [0, 0.1) is 5.82 Å². The Morgan fingerprint density at radius 2 is 1.69 bits per heavy atom. The van der Waals surface area contributed by atoms with Gasteiger partial charge in [0.1, 0.15) is 10.0 Å². The predicted octanol–water partition coefficient (Wildman–Crippen LogP) is 3.32. The molecule has 7 nitrogen and oxygen atoms in total. The van der Waals surface area contributed by atoms with Crippen molar-refractivity contribution >= 4 is 56.0 Å². The normalized spacial score (nSPS) is 10.8. The highest BCUT2D eigenvalue weighted by molar-refractivity contribution is 7.94. The number of anilines is 2. The van der Waals surface area contributed by atoms with Gasteiger partial charge in [-0.1, -0.05) is 18.2 Å². The minimum atomic E-state index is -3.80. The number of sulfonamides is 1. The molecule has 0 spiro atoms. The highest BCUT2D eigenvalue weighted by Crippen LogP contribution is 2.22. The van der Waals surface area contributed by atoms with Gasteiger partial charge in [-0.2, -0.15) is 0 Å². The third-order valence-corrected chi connectivity index (χ3v) is 6.53. The summed E-state index contributed by atoms with van der Waals surface area (Å²) >= 11 is 6.14. The van der Waals surface area contributed by atoms with Crippen LogP contribution in [0.2, 0.25) is 0 Å². The molecule has 2 aromatic carbocycles. The van der Waals surface area contributed by atoms with E-state index >= 15 is 0 Å². The van der Waals surface area contributed by atoms with Crippen molar-refractivity contribution in [3.63, 3.8) is 0 Å². The van der Waals surface area contributed by atoms with Gasteiger partial charge in [-0.3, -0.25) is 20.4 Å². The molecule has 11 heteroatoms. The molecule has 0 saturated heterocycles. The topological polar surface area (TPSA) is 99.3 Å². The van der Waals surface area contributed by atoms with E-state index in [0.29, 0.717) is 5.69 Å². The molecule has 3 aromatic rings. The molecule has 0 bridgehead atoms. The summed E-state index contributed by atoms with van der Waals surface area (Å²) in [5, 5.41) is 4.49. The van der Waals surface area contributed by atoms with Gasteiger partial charge in [-0.25, -0.2) is 12.8 Å². The monoisotopic (exact) mass is 450 g/mol. The van der Waals surface area contributed by atoms with E-state index in [1.165, 1.54) is 42.5 Å². The van der Waals surface area contributed by atoms with E-state index in [4.69, 9.17) is 12.2 Å². The number of amides is 1. The lowest BCUT2D eigenvalue weighted by Crippen LogP contribution is -2.44. The Morgan fingerprint density at radius 1 is 0.966 bits per heavy atom. The second-order valence-electron chi connectivity index (χ2n) is 5.62. The summed E-state index contributed by atoms with van der Waals surface area (Å²) in [7, 11) is -3.80. The molecule has 0 radical (unpaired) electrons. The van der Waals surface area contributed by atoms with Crippen LogP contribution in [0.3, 0.4) is 0 Å². The van der Waals surface area contributed by atoms with Gasteiger partial charge < -0.3 is 5.32 Å². The van der Waals surface area contributed by atoms with Crippen LogP contribution in [-0.4, -0.2) is 19.4 Å². The number of thiocarbonyl (C=S) groups is 1. The van der Waals surface area contributed by atoms with Crippen molar-refractivity contribution in [1.29, 1.82) is 0 Å². The number of hydrazine groups is 1. The van der Waals surface area contributed by atoms with Gasteiger partial charge in [0, 0.05) is 5.69 Å². The van der Waals surface area contributed by atoms with Crippen LogP contribution >= 0.6 is 23.6 Å². The molecule has 0 unspecified atom stereocenters. The Balaban J connectivity index is 1.65. The van der Waals surface area contributed by atoms with E-state index in [1.54, 1.807) is 23.6 Å². The Morgan fingerprint density at radius 3 is 2.38 bits per heavy atom. The minimum absolute atomic E-state index is 0.0709. The molecule has 4 N–H and O–H groups in total. The number of carbonyl (C=O) groups excluding carboxylic acids is 1. The number of halogens is 1. The van der Waals surface area contributed by atoms with Crippen LogP contribution < -0.4 is 20.9 Å². The molecular formula is C18H15FN4O3S3. The van der Waals surface area contributed by atoms with E-state index in [2.05, 4.69) is 20.9 Å². The maximum Gasteiger partial charge on any atom is 0.271 e. The lowest BCUT2D eigenvalue weighted by Gasteiger charge is -2.14. The maximum absolute atomic E-state index is 12.9. The summed E-state index contributed by atoms with van der Waals surface area (Å²) in [6.45, 7) is 0. The number of rotatable bonds is 5. The second kappa shape index (κ2) is 8.99. The number of carbonyl (C=O) groups is 1. The van der Waals surface area contributed by atoms with Crippen molar-refractivity contribution in [2.45, 2.75) is 4.21 Å². The third kappa shape index (κ3) is 5.50. The zero-order valence-electron chi connectivity index (χ0n) is 14.7. The maximum atomic E-state index is 12.9. The number of thiophene rings is 1. The summed E-state index contributed by atoms with van der Waals surface area (Å²) in [5.74, 6) is -0.984. The van der Waals surface area contributed by atoms with E-state index in [-0.39, 0.29) is 26.4 Å². The first-order chi connectivity index (χ1) is 13.8. The average Bonchev–Trinajstić information content (AvgIpc) is 3.24. The van der Waals surface area contributed by atoms with Crippen molar-refractivity contribution in [3.05, 3.63) is 77.4 Å². The predicted molar refractivity (Wildman–Crippen MR) is 115 cm³/mol. The van der Waals surface area contributed by atoms with Crippen molar-refractivity contribution < 1.29 is 17.6 Å². The molecule has 29 heavy (non-hydrogen) atoms. The number of para-hydroxylation sites is 1. The van der Waals surface area contributed by atoms with Gasteiger partial charge in [-0.15, -0.1) is 11.3 Å². The highest BCUT2D eigenvalue weighted by Gasteiger charge is 2.19. The summed E-state index contributed by atoms with van der Waals surface area (Å²) in [5.41, 5.74) is 5.66. The van der Waals surface area contributed by atoms with Crippen LogP contribution in [0.1, 0.15) is 10.4 Å². The lowest BCUT2D eigenvalue weighted by molar-refractivity contribution is 0.0945. The van der Waals surface area contributed by atoms with Gasteiger partial charge in [-0.05, 0) is 60.1 Å². The first kappa shape index (κ1) is 20.7. The molecule has 150 valence electrons. The fourth-order valence-corrected chi connectivity index (χ4v) is 4.50. The summed E-state index contributed by atoms with van der Waals surface area (Å²) in [6.07, 6.45) is 0. The summed E-state index contributed by atoms with van der Waals surface area (Å²) in [4.78, 5) is 12.5. The van der Waals surface area contributed by atoms with Gasteiger partial charge in [0.2, 0.25) is 0 Å². The molecule has 0 aliphatic heterocycles. The SMILES string of the molecule is O=C(NNC(=S)Nc1ccc(F)cc1)c1ccccc1NS(=O)(=O)c1cccs1. The first-order valence-electron chi connectivity index (χ1n) is 8.13. The van der Waals surface area contributed by atoms with Gasteiger partial charge in [0.25, 0.3) is 15.9 Å². The van der Waals surface area contributed by atoms with E-state index in [0.717, 1.165) is 11.3 Å². The molecule has 0 aliphatic carbocycles. The zero-order valence-corrected chi connectivity index (χ0v) is 17.1. The second-order valence-corrected chi connectivity index (χ2v) is 8.89. The number of benzene rings is 2. The van der Waals surface area contributed by atoms with Crippen molar-refractivity contribution in [3.8, 4) is 0 Å². The fourth-order valence-electron chi connectivity index (χ4n) is 2.26. The fraction of sp³-hybridized carbons (Fsp3) is 0. The molecule has 0 fully saturated rings. The Kier molecular flexibility index (Phi) is 6.42. The average molecular weight is 451 g/mol. The van der Waals surface area contributed by atoms with Crippen molar-refractivity contribution in [2.75, 3.05) is 10.0 Å². The van der Waals surface area contributed by atoms with Crippen LogP contribution in [0.25, 0.3) is 0 Å². The molecular weight excluding hydrogens is 435 g/mol. The molecule has 1 heterocycles. The van der Waals surface area contributed by atoms with Crippen LogP contribution in [-0.2, 0) is 10.0 Å².